The van der Waals surface area contributed by atoms with Crippen LogP contribution >= 0.6 is 11.6 Å². The molecule has 2 heterocycles. The standard InChI is InChI=1S/C31H24ClN3O2/c1-17-14-19(18(2)34(17)21-9-7-8-20(32)15-21)16-33-35-30(36)28-26-22-10-3-4-11-23(22)27(29(28)31(35)37)25-13-6-5-12-24(25)26/h3-16,26-29H,1-2H3/b33-16-/t26?,27?,28-,29+. The summed E-state index contributed by atoms with van der Waals surface area (Å²) in [6.45, 7) is 4.01. The summed E-state index contributed by atoms with van der Waals surface area (Å²) in [6, 6.07) is 26.2. The van der Waals surface area contributed by atoms with Crippen LogP contribution in [0.25, 0.3) is 5.69 Å². The molecule has 4 aromatic rings. The van der Waals surface area contributed by atoms with Gasteiger partial charge in [0.2, 0.25) is 0 Å². The summed E-state index contributed by atoms with van der Waals surface area (Å²) >= 11 is 6.22. The Hall–Kier alpha value is -3.96. The van der Waals surface area contributed by atoms with E-state index in [9.17, 15) is 9.59 Å². The number of carbonyl (C=O) groups excluding carboxylic acids is 2. The van der Waals surface area contributed by atoms with Crippen LogP contribution < -0.4 is 0 Å². The molecule has 0 spiro atoms. The van der Waals surface area contributed by atoms with Crippen molar-refractivity contribution in [3.63, 3.8) is 0 Å². The van der Waals surface area contributed by atoms with Crippen LogP contribution in [0.5, 0.6) is 0 Å². The lowest BCUT2D eigenvalue weighted by atomic mass is 9.55. The molecule has 1 saturated heterocycles. The zero-order chi connectivity index (χ0) is 25.4. The van der Waals surface area contributed by atoms with Gasteiger partial charge in [0.25, 0.3) is 11.8 Å². The molecule has 0 N–H and O–H groups in total. The van der Waals surface area contributed by atoms with Crippen LogP contribution in [-0.2, 0) is 9.59 Å². The maximum absolute atomic E-state index is 13.8. The van der Waals surface area contributed by atoms with Gasteiger partial charge in [0.1, 0.15) is 0 Å². The average Bonchev–Trinajstić information content (AvgIpc) is 3.34. The van der Waals surface area contributed by atoms with E-state index >= 15 is 0 Å². The molecule has 37 heavy (non-hydrogen) atoms. The second kappa shape index (κ2) is 8.02. The number of hydrogen-bond acceptors (Lipinski definition) is 3. The molecule has 182 valence electrons. The van der Waals surface area contributed by atoms with Gasteiger partial charge in [-0.3, -0.25) is 9.59 Å². The minimum Gasteiger partial charge on any atom is -0.318 e. The monoisotopic (exact) mass is 505 g/mol. The number of halogens is 1. The number of aryl methyl sites for hydroxylation is 1. The predicted octanol–water partition coefficient (Wildman–Crippen LogP) is 5.97. The Morgan fingerprint density at radius 1 is 0.757 bits per heavy atom. The smallest absolute Gasteiger partial charge is 0.254 e. The first-order chi connectivity index (χ1) is 18.0. The molecular formula is C31H24ClN3O2. The van der Waals surface area contributed by atoms with Crippen molar-refractivity contribution in [2.75, 3.05) is 0 Å². The summed E-state index contributed by atoms with van der Waals surface area (Å²) in [5.74, 6) is -1.56. The number of amides is 2. The molecule has 4 aliphatic rings. The molecule has 0 saturated carbocycles. The highest BCUT2D eigenvalue weighted by Crippen LogP contribution is 2.60. The molecule has 8 rings (SSSR count). The number of hydrazone groups is 1. The highest BCUT2D eigenvalue weighted by atomic mass is 35.5. The first kappa shape index (κ1) is 22.3. The van der Waals surface area contributed by atoms with Gasteiger partial charge in [-0.05, 0) is 60.4 Å². The van der Waals surface area contributed by atoms with Crippen molar-refractivity contribution in [1.82, 2.24) is 9.58 Å². The number of hydrogen-bond donors (Lipinski definition) is 0. The Morgan fingerprint density at radius 2 is 1.30 bits per heavy atom. The van der Waals surface area contributed by atoms with Gasteiger partial charge in [-0.15, -0.1) is 0 Å². The second-order valence-electron chi connectivity index (χ2n) is 10.1. The van der Waals surface area contributed by atoms with Gasteiger partial charge in [0, 0.05) is 39.5 Å². The molecule has 3 aliphatic carbocycles. The highest BCUT2D eigenvalue weighted by molar-refractivity contribution is 6.30. The summed E-state index contributed by atoms with van der Waals surface area (Å²) < 4.78 is 2.09. The van der Waals surface area contributed by atoms with E-state index in [-0.39, 0.29) is 23.7 Å². The fourth-order valence-corrected chi connectivity index (χ4v) is 7.01. The Bertz CT molecular complexity index is 1540. The zero-order valence-corrected chi connectivity index (χ0v) is 21.2. The number of rotatable bonds is 3. The molecule has 2 atom stereocenters. The quantitative estimate of drug-likeness (QED) is 0.254. The van der Waals surface area contributed by atoms with Crippen molar-refractivity contribution in [2.24, 2.45) is 16.9 Å². The lowest BCUT2D eigenvalue weighted by molar-refractivity contribution is -0.139. The topological polar surface area (TPSA) is 54.7 Å². The molecule has 2 bridgehead atoms. The Balaban J connectivity index is 1.27. The van der Waals surface area contributed by atoms with Crippen molar-refractivity contribution in [3.8, 4) is 5.69 Å². The van der Waals surface area contributed by atoms with Crippen molar-refractivity contribution in [3.05, 3.63) is 123 Å². The summed E-state index contributed by atoms with van der Waals surface area (Å²) in [6.07, 6.45) is 1.64. The largest absolute Gasteiger partial charge is 0.318 e. The van der Waals surface area contributed by atoms with E-state index < -0.39 is 11.8 Å². The van der Waals surface area contributed by atoms with Crippen molar-refractivity contribution in [1.29, 1.82) is 0 Å². The first-order valence-electron chi connectivity index (χ1n) is 12.5. The van der Waals surface area contributed by atoms with Gasteiger partial charge in [-0.1, -0.05) is 66.2 Å². The SMILES string of the molecule is Cc1cc(/C=N\N2C(=O)[C@@H]3C4c5ccccc5C(c5ccccc54)[C@@H]3C2=O)c(C)n1-c1cccc(Cl)c1. The molecule has 5 nitrogen and oxygen atoms in total. The van der Waals surface area contributed by atoms with Gasteiger partial charge in [0.15, 0.2) is 0 Å². The van der Waals surface area contributed by atoms with Gasteiger partial charge in [-0.25, -0.2) is 0 Å². The van der Waals surface area contributed by atoms with Gasteiger partial charge >= 0.3 is 0 Å². The third-order valence-corrected chi connectivity index (χ3v) is 8.51. The summed E-state index contributed by atoms with van der Waals surface area (Å²) in [7, 11) is 0. The molecule has 1 aromatic heterocycles. The fourth-order valence-electron chi connectivity index (χ4n) is 6.83. The zero-order valence-electron chi connectivity index (χ0n) is 20.4. The Labute approximate surface area is 220 Å². The average molecular weight is 506 g/mol. The number of carbonyl (C=O) groups is 2. The molecule has 6 heteroatoms. The maximum atomic E-state index is 13.8. The van der Waals surface area contributed by atoms with Crippen LogP contribution in [-0.4, -0.2) is 27.6 Å². The predicted molar refractivity (Wildman–Crippen MR) is 143 cm³/mol. The summed E-state index contributed by atoms with van der Waals surface area (Å²) in [4.78, 5) is 27.5. The van der Waals surface area contributed by atoms with E-state index in [0.717, 1.165) is 49.9 Å². The van der Waals surface area contributed by atoms with Crippen molar-refractivity contribution >= 4 is 29.6 Å². The van der Waals surface area contributed by atoms with E-state index in [1.807, 2.05) is 68.4 Å². The van der Waals surface area contributed by atoms with Crippen LogP contribution in [0.4, 0.5) is 0 Å². The van der Waals surface area contributed by atoms with Gasteiger partial charge in [0.05, 0.1) is 18.1 Å². The fraction of sp³-hybridized carbons (Fsp3) is 0.194. The van der Waals surface area contributed by atoms with Crippen molar-refractivity contribution in [2.45, 2.75) is 25.7 Å². The number of benzene rings is 3. The van der Waals surface area contributed by atoms with E-state index in [1.54, 1.807) is 6.21 Å². The van der Waals surface area contributed by atoms with E-state index in [4.69, 9.17) is 11.6 Å². The highest BCUT2D eigenvalue weighted by Gasteiger charge is 2.61. The number of nitrogens with zero attached hydrogens (tertiary/aromatic N) is 3. The van der Waals surface area contributed by atoms with Crippen LogP contribution in [0.2, 0.25) is 5.02 Å². The molecule has 1 fully saturated rings. The molecule has 3 aromatic carbocycles. The van der Waals surface area contributed by atoms with Crippen molar-refractivity contribution < 1.29 is 9.59 Å². The number of aromatic nitrogens is 1. The maximum Gasteiger partial charge on any atom is 0.254 e. The van der Waals surface area contributed by atoms with Crippen LogP contribution in [0.1, 0.15) is 51.0 Å². The third kappa shape index (κ3) is 3.07. The van der Waals surface area contributed by atoms with Gasteiger partial charge in [-0.2, -0.15) is 10.1 Å². The summed E-state index contributed by atoms with van der Waals surface area (Å²) in [5.41, 5.74) is 8.40. The van der Waals surface area contributed by atoms with Crippen LogP contribution in [0.3, 0.4) is 0 Å². The molecular weight excluding hydrogens is 482 g/mol. The lowest BCUT2D eigenvalue weighted by Crippen LogP contribution is -2.41. The van der Waals surface area contributed by atoms with E-state index in [2.05, 4.69) is 33.9 Å². The third-order valence-electron chi connectivity index (χ3n) is 8.27. The molecule has 0 unspecified atom stereocenters. The molecule has 2 amide bonds. The summed E-state index contributed by atoms with van der Waals surface area (Å²) in [5, 5.41) is 6.28. The number of imide groups is 1. The minimum absolute atomic E-state index is 0.132. The Morgan fingerprint density at radius 3 is 1.81 bits per heavy atom. The molecule has 0 radical (unpaired) electrons. The van der Waals surface area contributed by atoms with Crippen LogP contribution in [0.15, 0.2) is 84.0 Å². The minimum atomic E-state index is -0.432. The lowest BCUT2D eigenvalue weighted by Gasteiger charge is -2.45. The van der Waals surface area contributed by atoms with E-state index in [0.29, 0.717) is 5.02 Å². The first-order valence-corrected chi connectivity index (χ1v) is 12.9. The van der Waals surface area contributed by atoms with Crippen LogP contribution in [0, 0.1) is 25.7 Å². The van der Waals surface area contributed by atoms with Gasteiger partial charge < -0.3 is 4.57 Å². The Kier molecular flexibility index (Phi) is 4.82. The molecule has 1 aliphatic heterocycles. The normalized spacial score (nSPS) is 23.5. The second-order valence-corrected chi connectivity index (χ2v) is 10.6. The van der Waals surface area contributed by atoms with E-state index in [1.165, 1.54) is 0 Å².